The molecule has 1 aromatic carbocycles. The topological polar surface area (TPSA) is 119 Å². The fourth-order valence-corrected chi connectivity index (χ4v) is 3.54. The van der Waals surface area contributed by atoms with Gasteiger partial charge in [0.15, 0.2) is 0 Å². The van der Waals surface area contributed by atoms with Crippen molar-refractivity contribution >= 4 is 17.5 Å². The number of rotatable bonds is 7. The third-order valence-corrected chi connectivity index (χ3v) is 5.21. The van der Waals surface area contributed by atoms with Crippen molar-refractivity contribution in [3.05, 3.63) is 47.7 Å². The minimum atomic E-state index is -0.0990. The Morgan fingerprint density at radius 2 is 1.88 bits per heavy atom. The Labute approximate surface area is 194 Å². The van der Waals surface area contributed by atoms with Crippen LogP contribution in [0.25, 0.3) is 0 Å². The molecule has 3 rings (SSSR count). The first kappa shape index (κ1) is 23.7. The molecule has 0 bridgehead atoms. The van der Waals surface area contributed by atoms with E-state index in [1.54, 1.807) is 11.9 Å². The Kier molecular flexibility index (Phi) is 7.61. The number of hydrogen-bond donors (Lipinski definition) is 2. The molecule has 0 aliphatic carbocycles. The largest absolute Gasteiger partial charge is 0.494 e. The average Bonchev–Trinajstić information content (AvgIpc) is 2.76. The lowest BCUT2D eigenvalue weighted by Crippen LogP contribution is -2.60. The van der Waals surface area contributed by atoms with Gasteiger partial charge in [-0.2, -0.15) is 5.10 Å². The van der Waals surface area contributed by atoms with Crippen LogP contribution in [0.3, 0.4) is 0 Å². The zero-order valence-electron chi connectivity index (χ0n) is 19.3. The number of carbonyl (C=O) groups is 1. The molecule has 2 aliphatic heterocycles. The molecule has 0 saturated carbocycles. The van der Waals surface area contributed by atoms with Gasteiger partial charge in [0.1, 0.15) is 23.0 Å². The second-order valence-electron chi connectivity index (χ2n) is 7.47. The zero-order chi connectivity index (χ0) is 24.0. The highest BCUT2D eigenvalue weighted by molar-refractivity contribution is 6.30. The molecule has 4 N–H and O–H groups in total. The third kappa shape index (κ3) is 5.47. The van der Waals surface area contributed by atoms with Gasteiger partial charge in [0, 0.05) is 37.5 Å². The number of aliphatic imine (C=N–C) groups is 1. The lowest BCUT2D eigenvalue weighted by atomic mass is 10.0. The van der Waals surface area contributed by atoms with Crippen molar-refractivity contribution in [3.8, 4) is 23.3 Å². The first-order valence-corrected chi connectivity index (χ1v) is 10.8. The van der Waals surface area contributed by atoms with Crippen molar-refractivity contribution in [2.45, 2.75) is 19.9 Å². The highest BCUT2D eigenvalue weighted by atomic mass is 16.5. The molecule has 1 amide bonds. The zero-order valence-corrected chi connectivity index (χ0v) is 19.3. The Hall–Kier alpha value is -3.93. The number of ether oxygens (including phenoxy) is 2. The van der Waals surface area contributed by atoms with Gasteiger partial charge >= 0.3 is 0 Å². The maximum Gasteiger partial charge on any atom is 0.246 e. The summed E-state index contributed by atoms with van der Waals surface area (Å²) >= 11 is 0. The van der Waals surface area contributed by atoms with Crippen LogP contribution in [-0.4, -0.2) is 73.3 Å². The van der Waals surface area contributed by atoms with Crippen molar-refractivity contribution in [2.24, 2.45) is 21.6 Å². The Balaban J connectivity index is 1.93. The predicted octanol–water partition coefficient (Wildman–Crippen LogP) is 1.10. The maximum absolute atomic E-state index is 11.8. The molecule has 0 unspecified atom stereocenters. The summed E-state index contributed by atoms with van der Waals surface area (Å²) in [6.07, 6.45) is 1.31. The number of nitrogens with zero attached hydrogens (tertiary/aromatic N) is 4. The Bertz CT molecular complexity index is 1050. The summed E-state index contributed by atoms with van der Waals surface area (Å²) in [5.74, 6) is 7.75. The second-order valence-corrected chi connectivity index (χ2v) is 7.47. The number of amidine groups is 1. The van der Waals surface area contributed by atoms with E-state index in [9.17, 15) is 4.79 Å². The van der Waals surface area contributed by atoms with E-state index in [1.165, 1.54) is 6.08 Å². The van der Waals surface area contributed by atoms with Crippen LogP contribution in [0.15, 0.2) is 52.2 Å². The van der Waals surface area contributed by atoms with Crippen LogP contribution in [0.5, 0.6) is 11.5 Å². The maximum atomic E-state index is 11.8. The van der Waals surface area contributed by atoms with Crippen molar-refractivity contribution in [1.29, 1.82) is 0 Å². The van der Waals surface area contributed by atoms with E-state index in [0.717, 1.165) is 0 Å². The minimum Gasteiger partial charge on any atom is -0.494 e. The lowest BCUT2D eigenvalue weighted by molar-refractivity contribution is -0.133. The van der Waals surface area contributed by atoms with E-state index in [1.807, 2.05) is 37.1 Å². The van der Waals surface area contributed by atoms with Gasteiger partial charge in [-0.15, -0.1) is 0 Å². The van der Waals surface area contributed by atoms with Gasteiger partial charge in [0.25, 0.3) is 0 Å². The SMILES string of the molecule is C=CC(=O)N1CC(N2CC(N)=C(C(N)=NC)C(C#Cc3cc(OCC)cc(OCC)c3)=N2)C1. The van der Waals surface area contributed by atoms with E-state index in [4.69, 9.17) is 26.0 Å². The summed E-state index contributed by atoms with van der Waals surface area (Å²) in [6.45, 7) is 9.90. The smallest absolute Gasteiger partial charge is 0.246 e. The fourth-order valence-electron chi connectivity index (χ4n) is 3.54. The van der Waals surface area contributed by atoms with Crippen LogP contribution in [0, 0.1) is 11.8 Å². The number of nitrogens with two attached hydrogens (primary N) is 2. The van der Waals surface area contributed by atoms with Gasteiger partial charge in [-0.25, -0.2) is 0 Å². The number of likely N-dealkylation sites (tertiary alicyclic amines) is 1. The molecule has 1 fully saturated rings. The third-order valence-electron chi connectivity index (χ3n) is 5.21. The first-order chi connectivity index (χ1) is 15.9. The molecule has 1 aromatic rings. The Morgan fingerprint density at radius 1 is 1.24 bits per heavy atom. The van der Waals surface area contributed by atoms with E-state index in [2.05, 4.69) is 23.4 Å². The fraction of sp³-hybridized carbons (Fsp3) is 0.375. The molecule has 1 saturated heterocycles. The summed E-state index contributed by atoms with van der Waals surface area (Å²) in [4.78, 5) is 17.6. The van der Waals surface area contributed by atoms with Gasteiger partial charge < -0.3 is 25.8 Å². The van der Waals surface area contributed by atoms with Crippen LogP contribution >= 0.6 is 0 Å². The normalized spacial score (nSPS) is 16.5. The number of benzene rings is 1. The van der Waals surface area contributed by atoms with Crippen LogP contribution in [0.4, 0.5) is 0 Å². The molecule has 0 atom stereocenters. The van der Waals surface area contributed by atoms with Gasteiger partial charge in [0.05, 0.1) is 31.4 Å². The second kappa shape index (κ2) is 10.6. The first-order valence-electron chi connectivity index (χ1n) is 10.8. The molecule has 2 aliphatic rings. The van der Waals surface area contributed by atoms with Crippen molar-refractivity contribution in [2.75, 3.05) is 39.9 Å². The predicted molar refractivity (Wildman–Crippen MR) is 129 cm³/mol. The number of hydrazone groups is 1. The van der Waals surface area contributed by atoms with Crippen LogP contribution < -0.4 is 20.9 Å². The minimum absolute atomic E-state index is 0.0384. The molecule has 0 aromatic heterocycles. The highest BCUT2D eigenvalue weighted by Crippen LogP contribution is 2.24. The molecule has 0 radical (unpaired) electrons. The van der Waals surface area contributed by atoms with Crippen LogP contribution in [0.1, 0.15) is 19.4 Å². The number of carbonyl (C=O) groups excluding carboxylic acids is 1. The van der Waals surface area contributed by atoms with Crippen molar-refractivity contribution in [1.82, 2.24) is 9.91 Å². The van der Waals surface area contributed by atoms with Gasteiger partial charge in [-0.1, -0.05) is 12.5 Å². The molecule has 9 nitrogen and oxygen atoms in total. The molecular formula is C24H30N6O3. The van der Waals surface area contributed by atoms with Crippen LogP contribution in [-0.2, 0) is 4.79 Å². The van der Waals surface area contributed by atoms with Crippen molar-refractivity contribution in [3.63, 3.8) is 0 Å². The van der Waals surface area contributed by atoms with Crippen LogP contribution in [0.2, 0.25) is 0 Å². The average molecular weight is 451 g/mol. The van der Waals surface area contributed by atoms with Crippen molar-refractivity contribution < 1.29 is 14.3 Å². The van der Waals surface area contributed by atoms with E-state index >= 15 is 0 Å². The summed E-state index contributed by atoms with van der Waals surface area (Å²) in [5.41, 5.74) is 14.7. The summed E-state index contributed by atoms with van der Waals surface area (Å²) in [6, 6.07) is 5.55. The Morgan fingerprint density at radius 3 is 2.42 bits per heavy atom. The summed E-state index contributed by atoms with van der Waals surface area (Å²) in [7, 11) is 1.59. The molecule has 174 valence electrons. The highest BCUT2D eigenvalue weighted by Gasteiger charge is 2.36. The molecular weight excluding hydrogens is 420 g/mol. The quantitative estimate of drug-likeness (QED) is 0.278. The van der Waals surface area contributed by atoms with E-state index in [-0.39, 0.29) is 17.8 Å². The summed E-state index contributed by atoms with van der Waals surface area (Å²) < 4.78 is 11.3. The van der Waals surface area contributed by atoms with Gasteiger partial charge in [0.2, 0.25) is 5.91 Å². The molecule has 2 heterocycles. The van der Waals surface area contributed by atoms with Gasteiger partial charge in [-0.05, 0) is 38.0 Å². The van der Waals surface area contributed by atoms with E-state index < -0.39 is 0 Å². The number of hydrogen-bond acceptors (Lipinski definition) is 7. The number of amides is 1. The monoisotopic (exact) mass is 450 g/mol. The standard InChI is InChI=1S/C24H30N6O3/c1-5-22(31)29-13-17(14-29)30-15-20(25)23(24(26)27-4)21(28-30)9-8-16-10-18(32-6-2)12-19(11-16)33-7-3/h5,10-12,17H,1,6-7,13-15,25H2,2-4H3,(H2,26,27). The molecule has 33 heavy (non-hydrogen) atoms. The summed E-state index contributed by atoms with van der Waals surface area (Å²) in [5, 5.41) is 6.56. The van der Waals surface area contributed by atoms with E-state index in [0.29, 0.717) is 66.9 Å². The molecule has 0 spiro atoms. The molecule has 9 heteroatoms. The van der Waals surface area contributed by atoms with Gasteiger partial charge in [-0.3, -0.25) is 14.8 Å². The lowest BCUT2D eigenvalue weighted by Gasteiger charge is -2.44.